The molecule has 2 N–H and O–H groups in total. The number of ether oxygens (including phenoxy) is 3. The standard InChI is InChI=1S/C20H27F3N4O6S/c1-10-7-12(10)27-16(28)15-11(2)13(8-25(18(24)29)9-14(31-3)32-4)34-17(15)26(19(27)30)5-6-33-20(21,22)23/h10,12,14H,5-9H2,1-4H3,(H2,24,29). The number of thiophene rings is 1. The summed E-state index contributed by atoms with van der Waals surface area (Å²) in [5, 5.41) is 0.227. The number of hydrogen-bond acceptors (Lipinski definition) is 7. The molecule has 0 bridgehead atoms. The summed E-state index contributed by atoms with van der Waals surface area (Å²) >= 11 is 1.05. The van der Waals surface area contributed by atoms with Crippen molar-refractivity contribution in [1.82, 2.24) is 14.0 Å². The van der Waals surface area contributed by atoms with Crippen LogP contribution in [-0.2, 0) is 27.3 Å². The first kappa shape index (κ1) is 26.2. The zero-order chi connectivity index (χ0) is 25.4. The van der Waals surface area contributed by atoms with E-state index in [9.17, 15) is 27.6 Å². The Morgan fingerprint density at radius 1 is 1.29 bits per heavy atom. The van der Waals surface area contributed by atoms with Crippen molar-refractivity contribution >= 4 is 27.6 Å². The first-order valence-corrected chi connectivity index (χ1v) is 11.3. The number of halogens is 3. The molecule has 2 aromatic heterocycles. The fraction of sp³-hybridized carbons (Fsp3) is 0.650. The number of primary amides is 1. The average Bonchev–Trinajstić information content (AvgIpc) is 3.36. The Morgan fingerprint density at radius 3 is 2.41 bits per heavy atom. The van der Waals surface area contributed by atoms with Gasteiger partial charge in [0.1, 0.15) is 4.83 Å². The number of carbonyl (C=O) groups is 1. The van der Waals surface area contributed by atoms with E-state index in [0.717, 1.165) is 20.5 Å². The molecule has 3 rings (SSSR count). The molecule has 0 aliphatic heterocycles. The van der Waals surface area contributed by atoms with Crippen LogP contribution < -0.4 is 17.0 Å². The second-order valence-electron chi connectivity index (χ2n) is 8.13. The van der Waals surface area contributed by atoms with Gasteiger partial charge in [0, 0.05) is 25.1 Å². The molecule has 2 aromatic rings. The first-order chi connectivity index (χ1) is 15.9. The number of rotatable bonds is 10. The van der Waals surface area contributed by atoms with Crippen molar-refractivity contribution in [1.29, 1.82) is 0 Å². The number of hydrogen-bond donors (Lipinski definition) is 1. The zero-order valence-electron chi connectivity index (χ0n) is 19.2. The van der Waals surface area contributed by atoms with Crippen LogP contribution in [0.25, 0.3) is 10.2 Å². The largest absolute Gasteiger partial charge is 0.522 e. The SMILES string of the molecule is COC(CN(Cc1sc2c(c1C)c(=O)n(C1CC1C)c(=O)n2CCOC(F)(F)F)C(N)=O)OC. The monoisotopic (exact) mass is 508 g/mol. The maximum Gasteiger partial charge on any atom is 0.522 e. The van der Waals surface area contributed by atoms with E-state index in [2.05, 4.69) is 4.74 Å². The molecule has 34 heavy (non-hydrogen) atoms. The highest BCUT2D eigenvalue weighted by Gasteiger charge is 2.38. The number of methoxy groups -OCH3 is 2. The molecule has 190 valence electrons. The number of fused-ring (bicyclic) bond motifs is 1. The Labute approximate surface area is 196 Å². The average molecular weight is 509 g/mol. The van der Waals surface area contributed by atoms with Crippen LogP contribution in [0.1, 0.15) is 29.8 Å². The second kappa shape index (κ2) is 10.1. The highest BCUT2D eigenvalue weighted by Crippen LogP contribution is 2.41. The lowest BCUT2D eigenvalue weighted by Gasteiger charge is -2.24. The minimum Gasteiger partial charge on any atom is -0.354 e. The molecule has 2 amide bonds. The Hall–Kier alpha value is -2.42. The van der Waals surface area contributed by atoms with Gasteiger partial charge in [0.05, 0.1) is 31.6 Å². The number of aryl methyl sites for hydroxylation is 1. The van der Waals surface area contributed by atoms with E-state index >= 15 is 0 Å². The van der Waals surface area contributed by atoms with Gasteiger partial charge >= 0.3 is 18.1 Å². The summed E-state index contributed by atoms with van der Waals surface area (Å²) in [6, 6.07) is -1.07. The highest BCUT2D eigenvalue weighted by atomic mass is 32.1. The Kier molecular flexibility index (Phi) is 7.75. The molecule has 2 unspecified atom stereocenters. The normalized spacial score (nSPS) is 18.1. The van der Waals surface area contributed by atoms with Crippen LogP contribution in [0.15, 0.2) is 9.59 Å². The smallest absolute Gasteiger partial charge is 0.354 e. The Bertz CT molecular complexity index is 1170. The minimum absolute atomic E-state index is 0.00372. The molecular weight excluding hydrogens is 481 g/mol. The summed E-state index contributed by atoms with van der Waals surface area (Å²) in [6.07, 6.45) is -4.96. The van der Waals surface area contributed by atoms with Crippen molar-refractivity contribution < 1.29 is 32.2 Å². The van der Waals surface area contributed by atoms with Crippen molar-refractivity contribution in [3.05, 3.63) is 31.3 Å². The summed E-state index contributed by atoms with van der Waals surface area (Å²) in [7, 11) is 2.81. The van der Waals surface area contributed by atoms with Crippen molar-refractivity contribution in [3.8, 4) is 0 Å². The van der Waals surface area contributed by atoms with E-state index in [1.54, 1.807) is 6.92 Å². The summed E-state index contributed by atoms with van der Waals surface area (Å²) < 4.78 is 53.9. The quantitative estimate of drug-likeness (QED) is 0.492. The van der Waals surface area contributed by atoms with E-state index in [1.165, 1.54) is 19.1 Å². The predicted octanol–water partition coefficient (Wildman–Crippen LogP) is 2.15. The molecule has 2 atom stereocenters. The van der Waals surface area contributed by atoms with Crippen LogP contribution in [0.3, 0.4) is 0 Å². The van der Waals surface area contributed by atoms with Gasteiger partial charge in [0.25, 0.3) is 5.56 Å². The van der Waals surface area contributed by atoms with Crippen LogP contribution in [0, 0.1) is 12.8 Å². The third-order valence-electron chi connectivity index (χ3n) is 5.86. The van der Waals surface area contributed by atoms with Gasteiger partial charge in [-0.2, -0.15) is 0 Å². The van der Waals surface area contributed by atoms with Gasteiger partial charge in [-0.3, -0.25) is 18.7 Å². The second-order valence-corrected chi connectivity index (χ2v) is 9.22. The Morgan fingerprint density at radius 2 is 1.91 bits per heavy atom. The minimum atomic E-state index is -4.85. The summed E-state index contributed by atoms with van der Waals surface area (Å²) in [5.41, 5.74) is 4.84. The van der Waals surface area contributed by atoms with Crippen molar-refractivity contribution in [3.63, 3.8) is 0 Å². The lowest BCUT2D eigenvalue weighted by molar-refractivity contribution is -0.325. The molecule has 10 nitrogen and oxygen atoms in total. The molecule has 1 aliphatic rings. The molecule has 0 spiro atoms. The summed E-state index contributed by atoms with van der Waals surface area (Å²) in [6.45, 7) is 2.37. The number of amides is 2. The Balaban J connectivity index is 2.08. The number of urea groups is 1. The first-order valence-electron chi connectivity index (χ1n) is 10.5. The molecule has 1 aliphatic carbocycles. The molecule has 1 fully saturated rings. The molecule has 14 heteroatoms. The van der Waals surface area contributed by atoms with Gasteiger partial charge in [-0.1, -0.05) is 6.92 Å². The molecular formula is C20H27F3N4O6S. The molecule has 0 radical (unpaired) electrons. The van der Waals surface area contributed by atoms with Crippen LogP contribution in [0.2, 0.25) is 0 Å². The third kappa shape index (κ3) is 5.45. The fourth-order valence-electron chi connectivity index (χ4n) is 3.80. The fourth-order valence-corrected chi connectivity index (χ4v) is 5.13. The van der Waals surface area contributed by atoms with Gasteiger partial charge < -0.3 is 20.1 Å². The number of nitrogens with two attached hydrogens (primary N) is 1. The lowest BCUT2D eigenvalue weighted by Crippen LogP contribution is -2.41. The summed E-state index contributed by atoms with van der Waals surface area (Å²) in [5.74, 6) is 0.103. The van der Waals surface area contributed by atoms with Gasteiger partial charge in [-0.05, 0) is 24.8 Å². The van der Waals surface area contributed by atoms with Gasteiger partial charge in [-0.25, -0.2) is 9.59 Å². The molecule has 1 saturated carbocycles. The van der Waals surface area contributed by atoms with Gasteiger partial charge in [-0.15, -0.1) is 24.5 Å². The number of aromatic nitrogens is 2. The maximum atomic E-state index is 13.3. The van der Waals surface area contributed by atoms with E-state index in [-0.39, 0.29) is 35.3 Å². The van der Waals surface area contributed by atoms with Gasteiger partial charge in [0.2, 0.25) is 0 Å². The van der Waals surface area contributed by atoms with Gasteiger partial charge in [0.15, 0.2) is 6.29 Å². The zero-order valence-corrected chi connectivity index (χ0v) is 20.0. The van der Waals surface area contributed by atoms with Crippen LogP contribution in [0.5, 0.6) is 0 Å². The van der Waals surface area contributed by atoms with Crippen molar-refractivity contribution in [2.24, 2.45) is 11.7 Å². The predicted molar refractivity (Wildman–Crippen MR) is 118 cm³/mol. The lowest BCUT2D eigenvalue weighted by atomic mass is 10.2. The maximum absolute atomic E-state index is 13.3. The van der Waals surface area contributed by atoms with E-state index in [1.807, 2.05) is 6.92 Å². The van der Waals surface area contributed by atoms with Crippen molar-refractivity contribution in [2.45, 2.75) is 52.1 Å². The van der Waals surface area contributed by atoms with E-state index in [4.69, 9.17) is 15.2 Å². The topological polar surface area (TPSA) is 118 Å². The molecule has 0 aromatic carbocycles. The van der Waals surface area contributed by atoms with E-state index < -0.39 is 43.1 Å². The molecule has 0 saturated heterocycles. The number of carbonyl (C=O) groups excluding carboxylic acids is 1. The molecule has 2 heterocycles. The highest BCUT2D eigenvalue weighted by molar-refractivity contribution is 7.18. The van der Waals surface area contributed by atoms with E-state index in [0.29, 0.717) is 16.9 Å². The number of alkyl halides is 3. The number of nitrogens with zero attached hydrogens (tertiary/aromatic N) is 3. The van der Waals surface area contributed by atoms with Crippen LogP contribution >= 0.6 is 11.3 Å². The van der Waals surface area contributed by atoms with Crippen LogP contribution in [0.4, 0.5) is 18.0 Å². The van der Waals surface area contributed by atoms with Crippen LogP contribution in [-0.4, -0.2) is 60.1 Å². The van der Waals surface area contributed by atoms with Crippen molar-refractivity contribution in [2.75, 3.05) is 27.4 Å². The third-order valence-corrected chi connectivity index (χ3v) is 7.16. The summed E-state index contributed by atoms with van der Waals surface area (Å²) in [4.78, 5) is 40.5.